The molecule has 1 heterocycles. The Hall–Kier alpha value is -3.54. The molecule has 0 spiro atoms. The van der Waals surface area contributed by atoms with Gasteiger partial charge in [0.25, 0.3) is 5.91 Å². The smallest absolute Gasteiger partial charge is 0.274 e. The Bertz CT molecular complexity index is 997. The van der Waals surface area contributed by atoms with Gasteiger partial charge in [-0.2, -0.15) is 0 Å². The van der Waals surface area contributed by atoms with Crippen molar-refractivity contribution in [3.05, 3.63) is 77.1 Å². The highest BCUT2D eigenvalue weighted by molar-refractivity contribution is 6.03. The van der Waals surface area contributed by atoms with Gasteiger partial charge in [0.2, 0.25) is 5.95 Å². The van der Waals surface area contributed by atoms with E-state index in [0.29, 0.717) is 11.5 Å². The standard InChI is InChI=1S/C21H20N4O2/c1-13-5-4-6-18(14(13)2)24-20(27)19-11-12-22-21(25-19)23-17-9-7-16(8-10-17)15(3)26/h4-12H,1-3H3,(H,24,27)(H,22,23,25). The van der Waals surface area contributed by atoms with Crippen LogP contribution in [-0.4, -0.2) is 21.7 Å². The quantitative estimate of drug-likeness (QED) is 0.663. The molecule has 27 heavy (non-hydrogen) atoms. The fraction of sp³-hybridized carbons (Fsp3) is 0.143. The number of nitrogens with zero attached hydrogens (tertiary/aromatic N) is 2. The van der Waals surface area contributed by atoms with Crippen molar-refractivity contribution in [2.45, 2.75) is 20.8 Å². The highest BCUT2D eigenvalue weighted by Gasteiger charge is 2.11. The van der Waals surface area contributed by atoms with E-state index in [0.717, 1.165) is 22.5 Å². The molecule has 3 aromatic rings. The first-order chi connectivity index (χ1) is 12.9. The lowest BCUT2D eigenvalue weighted by Crippen LogP contribution is -2.15. The minimum absolute atomic E-state index is 0.00269. The molecule has 2 N–H and O–H groups in total. The molecule has 0 atom stereocenters. The van der Waals surface area contributed by atoms with Gasteiger partial charge in [-0.3, -0.25) is 9.59 Å². The number of rotatable bonds is 5. The number of anilines is 3. The molecule has 0 saturated heterocycles. The number of hydrogen-bond donors (Lipinski definition) is 2. The Balaban J connectivity index is 1.75. The Morgan fingerprint density at radius 1 is 0.963 bits per heavy atom. The summed E-state index contributed by atoms with van der Waals surface area (Å²) in [5, 5.41) is 5.92. The van der Waals surface area contributed by atoms with Gasteiger partial charge in [-0.05, 0) is 68.3 Å². The fourth-order valence-electron chi connectivity index (χ4n) is 2.54. The number of aromatic nitrogens is 2. The normalized spacial score (nSPS) is 10.3. The molecule has 3 rings (SSSR count). The van der Waals surface area contributed by atoms with E-state index in [1.54, 1.807) is 30.3 Å². The largest absolute Gasteiger partial charge is 0.324 e. The van der Waals surface area contributed by atoms with Crippen LogP contribution in [0.25, 0.3) is 0 Å². The zero-order valence-corrected chi connectivity index (χ0v) is 15.4. The summed E-state index contributed by atoms with van der Waals surface area (Å²) in [4.78, 5) is 32.3. The lowest BCUT2D eigenvalue weighted by Gasteiger charge is -2.11. The van der Waals surface area contributed by atoms with Gasteiger partial charge in [0.15, 0.2) is 5.78 Å². The summed E-state index contributed by atoms with van der Waals surface area (Å²) in [6.45, 7) is 5.47. The Labute approximate surface area is 157 Å². The van der Waals surface area contributed by atoms with Crippen molar-refractivity contribution in [1.29, 1.82) is 0 Å². The minimum atomic E-state index is -0.305. The predicted octanol–water partition coefficient (Wildman–Crippen LogP) is 4.29. The topological polar surface area (TPSA) is 84.0 Å². The van der Waals surface area contributed by atoms with Crippen LogP contribution in [0.2, 0.25) is 0 Å². The molecule has 0 aliphatic carbocycles. The van der Waals surface area contributed by atoms with Crippen molar-refractivity contribution < 1.29 is 9.59 Å². The average Bonchev–Trinajstić information content (AvgIpc) is 2.66. The van der Waals surface area contributed by atoms with Crippen LogP contribution in [0.1, 0.15) is 38.9 Å². The second kappa shape index (κ2) is 7.78. The number of hydrogen-bond acceptors (Lipinski definition) is 5. The number of benzene rings is 2. The number of carbonyl (C=O) groups is 2. The molecule has 0 fully saturated rings. The van der Waals surface area contributed by atoms with Gasteiger partial charge in [-0.15, -0.1) is 0 Å². The molecule has 0 unspecified atom stereocenters. The Morgan fingerprint density at radius 2 is 1.70 bits per heavy atom. The average molecular weight is 360 g/mol. The molecule has 6 heteroatoms. The summed E-state index contributed by atoms with van der Waals surface area (Å²) in [5.74, 6) is 0.00294. The highest BCUT2D eigenvalue weighted by Crippen LogP contribution is 2.19. The van der Waals surface area contributed by atoms with Crippen molar-refractivity contribution in [2.75, 3.05) is 10.6 Å². The van der Waals surface area contributed by atoms with Crippen molar-refractivity contribution in [3.63, 3.8) is 0 Å². The van der Waals surface area contributed by atoms with Crippen molar-refractivity contribution in [1.82, 2.24) is 9.97 Å². The molecule has 1 aromatic heterocycles. The Morgan fingerprint density at radius 3 is 2.41 bits per heavy atom. The lowest BCUT2D eigenvalue weighted by molar-refractivity contribution is 0.101. The maximum absolute atomic E-state index is 12.5. The third-order valence-electron chi connectivity index (χ3n) is 4.29. The van der Waals surface area contributed by atoms with Crippen LogP contribution in [0, 0.1) is 13.8 Å². The molecule has 136 valence electrons. The molecule has 2 aromatic carbocycles. The number of carbonyl (C=O) groups excluding carboxylic acids is 2. The van der Waals surface area contributed by atoms with E-state index < -0.39 is 0 Å². The van der Waals surface area contributed by atoms with Crippen LogP contribution in [0.15, 0.2) is 54.7 Å². The maximum Gasteiger partial charge on any atom is 0.274 e. The SMILES string of the molecule is CC(=O)c1ccc(Nc2nccc(C(=O)Nc3cccc(C)c3C)n2)cc1. The van der Waals surface area contributed by atoms with Gasteiger partial charge in [0.05, 0.1) is 0 Å². The van der Waals surface area contributed by atoms with Crippen molar-refractivity contribution in [3.8, 4) is 0 Å². The summed E-state index contributed by atoms with van der Waals surface area (Å²) >= 11 is 0. The van der Waals surface area contributed by atoms with Crippen LogP contribution >= 0.6 is 0 Å². The van der Waals surface area contributed by atoms with E-state index in [-0.39, 0.29) is 17.4 Å². The number of amides is 1. The van der Waals surface area contributed by atoms with Gasteiger partial charge >= 0.3 is 0 Å². The summed E-state index contributed by atoms with van der Waals surface area (Å²) in [6.07, 6.45) is 1.53. The van der Waals surface area contributed by atoms with Crippen LogP contribution in [0.5, 0.6) is 0 Å². The summed E-state index contributed by atoms with van der Waals surface area (Å²) in [7, 11) is 0. The summed E-state index contributed by atoms with van der Waals surface area (Å²) in [6, 6.07) is 14.3. The number of ketones is 1. The molecule has 0 bridgehead atoms. The van der Waals surface area contributed by atoms with E-state index in [2.05, 4.69) is 20.6 Å². The van der Waals surface area contributed by atoms with E-state index >= 15 is 0 Å². The highest BCUT2D eigenvalue weighted by atomic mass is 16.2. The van der Waals surface area contributed by atoms with E-state index in [4.69, 9.17) is 0 Å². The van der Waals surface area contributed by atoms with Crippen LogP contribution in [-0.2, 0) is 0 Å². The van der Waals surface area contributed by atoms with Gasteiger partial charge in [-0.1, -0.05) is 12.1 Å². The maximum atomic E-state index is 12.5. The van der Waals surface area contributed by atoms with Gasteiger partial charge in [-0.25, -0.2) is 9.97 Å². The van der Waals surface area contributed by atoms with E-state index in [9.17, 15) is 9.59 Å². The molecular weight excluding hydrogens is 340 g/mol. The molecule has 6 nitrogen and oxygen atoms in total. The fourth-order valence-corrected chi connectivity index (χ4v) is 2.54. The summed E-state index contributed by atoms with van der Waals surface area (Å²) < 4.78 is 0. The van der Waals surface area contributed by atoms with E-state index in [1.165, 1.54) is 13.1 Å². The van der Waals surface area contributed by atoms with Crippen molar-refractivity contribution in [2.24, 2.45) is 0 Å². The second-order valence-electron chi connectivity index (χ2n) is 6.23. The zero-order chi connectivity index (χ0) is 19.4. The Kier molecular flexibility index (Phi) is 5.26. The van der Waals surface area contributed by atoms with Crippen LogP contribution in [0.4, 0.5) is 17.3 Å². The number of Topliss-reactive ketones (excluding diaryl/α,β-unsaturated/α-hetero) is 1. The molecule has 0 radical (unpaired) electrons. The molecule has 0 aliphatic rings. The monoisotopic (exact) mass is 360 g/mol. The van der Waals surface area contributed by atoms with Gasteiger partial charge < -0.3 is 10.6 Å². The summed E-state index contributed by atoms with van der Waals surface area (Å²) in [5.41, 5.74) is 4.49. The van der Waals surface area contributed by atoms with Crippen LogP contribution < -0.4 is 10.6 Å². The molecule has 0 saturated carbocycles. The second-order valence-corrected chi connectivity index (χ2v) is 6.23. The van der Waals surface area contributed by atoms with Crippen LogP contribution in [0.3, 0.4) is 0 Å². The third kappa shape index (κ3) is 4.36. The third-order valence-corrected chi connectivity index (χ3v) is 4.29. The van der Waals surface area contributed by atoms with Crippen molar-refractivity contribution >= 4 is 29.0 Å². The van der Waals surface area contributed by atoms with Gasteiger partial charge in [0, 0.05) is 23.1 Å². The zero-order valence-electron chi connectivity index (χ0n) is 15.4. The lowest BCUT2D eigenvalue weighted by atomic mass is 10.1. The molecular formula is C21H20N4O2. The van der Waals surface area contributed by atoms with Gasteiger partial charge in [0.1, 0.15) is 5.69 Å². The first-order valence-corrected chi connectivity index (χ1v) is 8.52. The molecule has 1 amide bonds. The predicted molar refractivity (Wildman–Crippen MR) is 106 cm³/mol. The first-order valence-electron chi connectivity index (χ1n) is 8.52. The number of nitrogens with one attached hydrogen (secondary N) is 2. The number of aryl methyl sites for hydroxylation is 1. The van der Waals surface area contributed by atoms with E-state index in [1.807, 2.05) is 32.0 Å². The first kappa shape index (κ1) is 18.3. The molecule has 0 aliphatic heterocycles. The minimum Gasteiger partial charge on any atom is -0.324 e.